The molecule has 1 aliphatic heterocycles. The first kappa shape index (κ1) is 10.7. The molecule has 0 fully saturated rings. The van der Waals surface area contributed by atoms with Crippen molar-refractivity contribution in [3.05, 3.63) is 23.4 Å². The number of carbonyl (C=O) groups is 1. The number of aromatic amines is 1. The smallest absolute Gasteiger partial charge is 0.306 e. The van der Waals surface area contributed by atoms with E-state index in [0.717, 1.165) is 40.1 Å². The van der Waals surface area contributed by atoms with Gasteiger partial charge in [0, 0.05) is 22.7 Å². The Hall–Kier alpha value is -2.17. The number of carboxylic acid groups (broad SMARTS) is 1. The van der Waals surface area contributed by atoms with Crippen LogP contribution in [0.2, 0.25) is 0 Å². The maximum atomic E-state index is 11.2. The minimum atomic E-state index is -0.708. The molecule has 1 aliphatic carbocycles. The van der Waals surface area contributed by atoms with Crippen LogP contribution in [0.3, 0.4) is 0 Å². The molecule has 2 N–H and O–H groups in total. The Morgan fingerprint density at radius 1 is 1.32 bits per heavy atom. The van der Waals surface area contributed by atoms with Crippen molar-refractivity contribution in [1.82, 2.24) is 4.98 Å². The highest BCUT2D eigenvalue weighted by Crippen LogP contribution is 2.40. The molecule has 4 rings (SSSR count). The molecule has 0 saturated heterocycles. The van der Waals surface area contributed by atoms with Crippen LogP contribution >= 0.6 is 0 Å². The van der Waals surface area contributed by atoms with E-state index in [9.17, 15) is 9.90 Å². The third-order valence-corrected chi connectivity index (χ3v) is 4.03. The number of carboxylic acids is 1. The zero-order chi connectivity index (χ0) is 13.0. The molecule has 19 heavy (non-hydrogen) atoms. The minimum Gasteiger partial charge on any atom is -0.481 e. The van der Waals surface area contributed by atoms with E-state index >= 15 is 0 Å². The van der Waals surface area contributed by atoms with Gasteiger partial charge in [-0.25, -0.2) is 0 Å². The molecule has 0 radical (unpaired) electrons. The number of hydrogen-bond acceptors (Lipinski definition) is 3. The first-order chi connectivity index (χ1) is 9.22. The highest BCUT2D eigenvalue weighted by Gasteiger charge is 2.28. The van der Waals surface area contributed by atoms with Gasteiger partial charge < -0.3 is 19.6 Å². The SMILES string of the molecule is O=C(O)C1CCc2[nH]c3cc4c(cc3c2C1)OCO4. The van der Waals surface area contributed by atoms with E-state index < -0.39 is 5.97 Å². The third-order valence-electron chi connectivity index (χ3n) is 4.03. The van der Waals surface area contributed by atoms with Gasteiger partial charge in [0.05, 0.1) is 5.92 Å². The highest BCUT2D eigenvalue weighted by atomic mass is 16.7. The second-order valence-electron chi connectivity index (χ2n) is 5.11. The second-order valence-corrected chi connectivity index (χ2v) is 5.11. The Morgan fingerprint density at radius 2 is 2.11 bits per heavy atom. The zero-order valence-electron chi connectivity index (χ0n) is 10.2. The molecule has 5 heteroatoms. The van der Waals surface area contributed by atoms with Crippen LogP contribution in [0.25, 0.3) is 10.9 Å². The van der Waals surface area contributed by atoms with Crippen LogP contribution in [0.15, 0.2) is 12.1 Å². The number of aliphatic carboxylic acids is 1. The maximum Gasteiger partial charge on any atom is 0.306 e. The molecular weight excluding hydrogens is 246 g/mol. The summed E-state index contributed by atoms with van der Waals surface area (Å²) in [4.78, 5) is 14.5. The lowest BCUT2D eigenvalue weighted by atomic mass is 9.86. The van der Waals surface area contributed by atoms with Crippen molar-refractivity contribution in [3.63, 3.8) is 0 Å². The van der Waals surface area contributed by atoms with Crippen molar-refractivity contribution in [2.24, 2.45) is 5.92 Å². The molecule has 0 bridgehead atoms. The number of fused-ring (bicyclic) bond motifs is 4. The third kappa shape index (κ3) is 1.51. The van der Waals surface area contributed by atoms with E-state index in [1.165, 1.54) is 0 Å². The normalized spacial score (nSPS) is 20.5. The maximum absolute atomic E-state index is 11.2. The van der Waals surface area contributed by atoms with Crippen LogP contribution in [0.4, 0.5) is 0 Å². The van der Waals surface area contributed by atoms with E-state index in [0.29, 0.717) is 12.8 Å². The highest BCUT2D eigenvalue weighted by molar-refractivity contribution is 5.89. The Kier molecular flexibility index (Phi) is 2.07. The fraction of sp³-hybridized carbons (Fsp3) is 0.357. The number of nitrogens with one attached hydrogen (secondary N) is 1. The van der Waals surface area contributed by atoms with Crippen molar-refractivity contribution < 1.29 is 19.4 Å². The number of hydrogen-bond donors (Lipinski definition) is 2. The molecular formula is C14H13NO4. The van der Waals surface area contributed by atoms with E-state index in [1.54, 1.807) is 0 Å². The van der Waals surface area contributed by atoms with Gasteiger partial charge in [-0.1, -0.05) is 0 Å². The lowest BCUT2D eigenvalue weighted by molar-refractivity contribution is -0.142. The van der Waals surface area contributed by atoms with E-state index in [-0.39, 0.29) is 12.7 Å². The fourth-order valence-electron chi connectivity index (χ4n) is 3.02. The molecule has 1 aromatic carbocycles. The minimum absolute atomic E-state index is 0.252. The molecule has 98 valence electrons. The summed E-state index contributed by atoms with van der Waals surface area (Å²) in [5.74, 6) is 0.505. The zero-order valence-corrected chi connectivity index (χ0v) is 10.2. The van der Waals surface area contributed by atoms with E-state index in [1.807, 2.05) is 12.1 Å². The predicted octanol–water partition coefficient (Wildman–Crippen LogP) is 2.09. The summed E-state index contributed by atoms with van der Waals surface area (Å²) in [5.41, 5.74) is 3.27. The van der Waals surface area contributed by atoms with Crippen LogP contribution in [-0.2, 0) is 17.6 Å². The van der Waals surface area contributed by atoms with Gasteiger partial charge in [-0.05, 0) is 30.9 Å². The predicted molar refractivity (Wildman–Crippen MR) is 67.6 cm³/mol. The van der Waals surface area contributed by atoms with Gasteiger partial charge >= 0.3 is 5.97 Å². The van der Waals surface area contributed by atoms with Gasteiger partial charge in [0.25, 0.3) is 0 Å². The Bertz CT molecular complexity index is 688. The average Bonchev–Trinajstić information content (AvgIpc) is 2.98. The number of aryl methyl sites for hydroxylation is 1. The van der Waals surface area contributed by atoms with Gasteiger partial charge in [0.2, 0.25) is 6.79 Å². The summed E-state index contributed by atoms with van der Waals surface area (Å²) in [6.07, 6.45) is 2.07. The molecule has 1 aromatic heterocycles. The molecule has 0 amide bonds. The lowest BCUT2D eigenvalue weighted by Crippen LogP contribution is -2.21. The Labute approximate surface area is 109 Å². The number of H-pyrrole nitrogens is 1. The molecule has 2 aromatic rings. The molecule has 0 saturated carbocycles. The van der Waals surface area contributed by atoms with Gasteiger partial charge in [0.15, 0.2) is 11.5 Å². The summed E-state index contributed by atoms with van der Waals surface area (Å²) in [5, 5.41) is 10.2. The topological polar surface area (TPSA) is 71.5 Å². The van der Waals surface area contributed by atoms with Crippen molar-refractivity contribution in [3.8, 4) is 11.5 Å². The van der Waals surface area contributed by atoms with Gasteiger partial charge in [-0.3, -0.25) is 4.79 Å². The Balaban J connectivity index is 1.87. The van der Waals surface area contributed by atoms with Crippen LogP contribution in [0.1, 0.15) is 17.7 Å². The van der Waals surface area contributed by atoms with Crippen LogP contribution in [0, 0.1) is 5.92 Å². The summed E-state index contributed by atoms with van der Waals surface area (Å²) in [6.45, 7) is 0.252. The van der Waals surface area contributed by atoms with Gasteiger partial charge in [-0.15, -0.1) is 0 Å². The van der Waals surface area contributed by atoms with Crippen molar-refractivity contribution >= 4 is 16.9 Å². The van der Waals surface area contributed by atoms with Gasteiger partial charge in [0.1, 0.15) is 0 Å². The van der Waals surface area contributed by atoms with Crippen LogP contribution in [0.5, 0.6) is 11.5 Å². The number of benzene rings is 1. The average molecular weight is 259 g/mol. The number of rotatable bonds is 1. The summed E-state index contributed by atoms with van der Waals surface area (Å²) < 4.78 is 10.8. The molecule has 5 nitrogen and oxygen atoms in total. The van der Waals surface area contributed by atoms with Crippen molar-refractivity contribution in [2.45, 2.75) is 19.3 Å². The molecule has 0 spiro atoms. The molecule has 2 heterocycles. The molecule has 2 aliphatic rings. The van der Waals surface area contributed by atoms with Gasteiger partial charge in [-0.2, -0.15) is 0 Å². The van der Waals surface area contributed by atoms with E-state index in [2.05, 4.69) is 4.98 Å². The first-order valence-electron chi connectivity index (χ1n) is 6.38. The lowest BCUT2D eigenvalue weighted by Gasteiger charge is -2.18. The molecule has 1 unspecified atom stereocenters. The molecule has 1 atom stereocenters. The largest absolute Gasteiger partial charge is 0.481 e. The van der Waals surface area contributed by atoms with Crippen molar-refractivity contribution in [1.29, 1.82) is 0 Å². The quantitative estimate of drug-likeness (QED) is 0.822. The van der Waals surface area contributed by atoms with E-state index in [4.69, 9.17) is 9.47 Å². The summed E-state index contributed by atoms with van der Waals surface area (Å²) in [7, 11) is 0. The summed E-state index contributed by atoms with van der Waals surface area (Å²) >= 11 is 0. The number of aromatic nitrogens is 1. The van der Waals surface area contributed by atoms with Crippen molar-refractivity contribution in [2.75, 3.05) is 6.79 Å². The fourth-order valence-corrected chi connectivity index (χ4v) is 3.02. The van der Waals surface area contributed by atoms with Crippen LogP contribution < -0.4 is 9.47 Å². The Morgan fingerprint density at radius 3 is 2.89 bits per heavy atom. The summed E-state index contributed by atoms with van der Waals surface area (Å²) in [6, 6.07) is 3.89. The second kappa shape index (κ2) is 3.66. The van der Waals surface area contributed by atoms with Crippen LogP contribution in [-0.4, -0.2) is 22.9 Å². The standard InChI is InChI=1S/C14H13NO4/c16-14(17)7-1-2-10-8(3-7)9-4-12-13(19-6-18-12)5-11(9)15-10/h4-5,7,15H,1-3,6H2,(H,16,17). The monoisotopic (exact) mass is 259 g/mol. The first-order valence-corrected chi connectivity index (χ1v) is 6.38. The number of ether oxygens (including phenoxy) is 2.